The van der Waals surface area contributed by atoms with Crippen molar-refractivity contribution in [1.29, 1.82) is 0 Å². The first-order valence-corrected chi connectivity index (χ1v) is 14.7. The van der Waals surface area contributed by atoms with E-state index in [4.69, 9.17) is 9.47 Å². The summed E-state index contributed by atoms with van der Waals surface area (Å²) in [5.41, 5.74) is 2.08. The van der Waals surface area contributed by atoms with Gasteiger partial charge in [0.2, 0.25) is 0 Å². The third kappa shape index (κ3) is 7.22. The summed E-state index contributed by atoms with van der Waals surface area (Å²) in [6.45, 7) is 10.8. The molecule has 1 saturated carbocycles. The molecule has 1 amide bonds. The van der Waals surface area contributed by atoms with Gasteiger partial charge in [0, 0.05) is 43.5 Å². The predicted octanol–water partition coefficient (Wildman–Crippen LogP) is 6.22. The van der Waals surface area contributed by atoms with Gasteiger partial charge in [-0.15, -0.1) is 0 Å². The molecule has 0 bridgehead atoms. The average molecular weight is 593 g/mol. The lowest BCUT2D eigenvalue weighted by Crippen LogP contribution is -2.40. The highest BCUT2D eigenvalue weighted by atomic mass is 16.5. The second kappa shape index (κ2) is 12.1. The molecule has 0 radical (unpaired) electrons. The van der Waals surface area contributed by atoms with Crippen LogP contribution in [0.15, 0.2) is 47.4 Å². The molecule has 0 unspecified atom stereocenters. The number of pyridine rings is 1. The Morgan fingerprint density at radius 1 is 0.884 bits per heavy atom. The monoisotopic (exact) mass is 592 g/mol. The molecule has 0 atom stereocenters. The second-order valence-electron chi connectivity index (χ2n) is 12.8. The zero-order valence-electron chi connectivity index (χ0n) is 26.4. The van der Waals surface area contributed by atoms with Gasteiger partial charge in [-0.05, 0) is 114 Å². The van der Waals surface area contributed by atoms with Crippen LogP contribution in [0.5, 0.6) is 17.2 Å². The molecule has 9 heteroatoms. The molecule has 3 N–H and O–H groups in total. The number of aromatic nitrogens is 1. The number of carbonyl (C=O) groups is 1. The number of nitrogens with zero attached hydrogens (tertiary/aromatic N) is 2. The largest absolute Gasteiger partial charge is 0.490 e. The molecule has 232 valence electrons. The number of aryl methyl sites for hydroxylation is 3. The molecule has 9 nitrogen and oxygen atoms in total. The Kier molecular flexibility index (Phi) is 9.00. The van der Waals surface area contributed by atoms with Crippen LogP contribution in [0.1, 0.15) is 75.6 Å². The van der Waals surface area contributed by atoms with Gasteiger partial charge in [-0.3, -0.25) is 4.79 Å². The molecular formula is C34H44N2O7. The zero-order valence-corrected chi connectivity index (χ0v) is 26.4. The lowest BCUT2D eigenvalue weighted by Gasteiger charge is -2.33. The van der Waals surface area contributed by atoms with Gasteiger partial charge >= 0.3 is 6.09 Å². The maximum Gasteiger partial charge on any atom is 0.407 e. The van der Waals surface area contributed by atoms with E-state index < -0.39 is 17.3 Å². The Bertz CT molecular complexity index is 1530. The van der Waals surface area contributed by atoms with Crippen LogP contribution in [0.25, 0.3) is 11.1 Å². The summed E-state index contributed by atoms with van der Waals surface area (Å²) in [7, 11) is 3.26. The molecule has 0 saturated heterocycles. The van der Waals surface area contributed by atoms with Gasteiger partial charge in [-0.2, -0.15) is 0 Å². The van der Waals surface area contributed by atoms with E-state index in [1.165, 1.54) is 15.5 Å². The first-order valence-electron chi connectivity index (χ1n) is 14.7. The fourth-order valence-corrected chi connectivity index (χ4v) is 5.58. The molecular weight excluding hydrogens is 548 g/mol. The number of aliphatic hydroxyl groups is 2. The normalized spacial score (nSPS) is 17.4. The highest BCUT2D eigenvalue weighted by Crippen LogP contribution is 2.43. The number of hydrogen-bond donors (Lipinski definition) is 3. The number of rotatable bonds is 8. The van der Waals surface area contributed by atoms with Gasteiger partial charge in [0.05, 0.1) is 17.3 Å². The lowest BCUT2D eigenvalue weighted by atomic mass is 9.91. The van der Waals surface area contributed by atoms with Crippen LogP contribution in [0, 0.1) is 13.8 Å². The van der Waals surface area contributed by atoms with Crippen molar-refractivity contribution < 1.29 is 29.6 Å². The van der Waals surface area contributed by atoms with Crippen molar-refractivity contribution in [2.75, 3.05) is 7.05 Å². The van der Waals surface area contributed by atoms with E-state index in [-0.39, 0.29) is 17.7 Å². The Hall–Kier alpha value is -3.82. The van der Waals surface area contributed by atoms with Gasteiger partial charge < -0.3 is 34.3 Å². The van der Waals surface area contributed by atoms with Crippen molar-refractivity contribution in [3.63, 3.8) is 0 Å². The fourth-order valence-electron chi connectivity index (χ4n) is 5.58. The van der Waals surface area contributed by atoms with Gasteiger partial charge in [0.1, 0.15) is 17.2 Å². The Morgan fingerprint density at radius 2 is 1.47 bits per heavy atom. The number of benzene rings is 2. The quantitative estimate of drug-likeness (QED) is 0.284. The standard InChI is InChI=1S/C34H44N2O7/c1-20-15-23(34(5,6)41)16-21(2)31(20)43-28-14-9-22(33(3,4)40)17-26(28)27-19-35(7)30(37)18-29(27)42-25-12-10-24(11-13-25)36(8)32(38)39/h9,14-19,24-25,40-41H,10-13H2,1-8H3,(H,38,39). The van der Waals surface area contributed by atoms with E-state index in [1.807, 2.05) is 44.2 Å². The van der Waals surface area contributed by atoms with E-state index in [9.17, 15) is 24.9 Å². The van der Waals surface area contributed by atoms with Gasteiger partial charge in [-0.1, -0.05) is 6.07 Å². The molecule has 1 aliphatic rings. The maximum atomic E-state index is 12.8. The van der Waals surface area contributed by atoms with Crippen molar-refractivity contribution in [3.8, 4) is 28.4 Å². The van der Waals surface area contributed by atoms with E-state index in [2.05, 4.69) is 0 Å². The molecule has 0 spiro atoms. The Morgan fingerprint density at radius 3 is 2.00 bits per heavy atom. The topological polar surface area (TPSA) is 121 Å². The Balaban J connectivity index is 1.77. The summed E-state index contributed by atoms with van der Waals surface area (Å²) in [6, 6.07) is 10.7. The minimum absolute atomic E-state index is 0.0711. The molecule has 1 heterocycles. The first kappa shape index (κ1) is 32.1. The van der Waals surface area contributed by atoms with Crippen LogP contribution in [-0.4, -0.2) is 50.1 Å². The fraction of sp³-hybridized carbons (Fsp3) is 0.471. The highest BCUT2D eigenvalue weighted by molar-refractivity contribution is 5.76. The first-order chi connectivity index (χ1) is 20.0. The van der Waals surface area contributed by atoms with E-state index in [0.717, 1.165) is 16.7 Å². The van der Waals surface area contributed by atoms with Crippen LogP contribution in [-0.2, 0) is 18.2 Å². The summed E-state index contributed by atoms with van der Waals surface area (Å²) < 4.78 is 14.5. The minimum Gasteiger partial charge on any atom is -0.490 e. The molecule has 1 fully saturated rings. The van der Waals surface area contributed by atoms with E-state index >= 15 is 0 Å². The van der Waals surface area contributed by atoms with Gasteiger partial charge in [-0.25, -0.2) is 4.79 Å². The molecule has 0 aliphatic heterocycles. The number of amides is 1. The second-order valence-corrected chi connectivity index (χ2v) is 12.8. The maximum absolute atomic E-state index is 12.8. The van der Waals surface area contributed by atoms with Crippen LogP contribution in [0.2, 0.25) is 0 Å². The number of ether oxygens (including phenoxy) is 2. The molecule has 1 aliphatic carbocycles. The third-order valence-corrected chi connectivity index (χ3v) is 8.33. The summed E-state index contributed by atoms with van der Waals surface area (Å²) in [4.78, 5) is 25.6. The highest BCUT2D eigenvalue weighted by Gasteiger charge is 2.29. The van der Waals surface area contributed by atoms with Crippen molar-refractivity contribution >= 4 is 6.09 Å². The summed E-state index contributed by atoms with van der Waals surface area (Å²) in [5, 5.41) is 30.8. The molecule has 4 rings (SSSR count). The SMILES string of the molecule is Cc1cc(C(C)(C)O)cc(C)c1Oc1ccc(C(C)(C)O)cc1-c1cn(C)c(=O)cc1OC1CCC(N(C)C(=O)O)CC1. The predicted molar refractivity (Wildman–Crippen MR) is 166 cm³/mol. The van der Waals surface area contributed by atoms with Crippen molar-refractivity contribution in [1.82, 2.24) is 9.47 Å². The van der Waals surface area contributed by atoms with Crippen molar-refractivity contribution in [2.24, 2.45) is 7.05 Å². The lowest BCUT2D eigenvalue weighted by molar-refractivity contribution is 0.0780. The minimum atomic E-state index is -1.14. The van der Waals surface area contributed by atoms with Crippen LogP contribution in [0.4, 0.5) is 4.79 Å². The van der Waals surface area contributed by atoms with E-state index in [0.29, 0.717) is 59.6 Å². The average Bonchev–Trinajstić information content (AvgIpc) is 2.91. The van der Waals surface area contributed by atoms with Crippen molar-refractivity contribution in [3.05, 3.63) is 75.2 Å². The van der Waals surface area contributed by atoms with Crippen LogP contribution >= 0.6 is 0 Å². The van der Waals surface area contributed by atoms with Gasteiger partial charge in [0.15, 0.2) is 0 Å². The van der Waals surface area contributed by atoms with Crippen LogP contribution < -0.4 is 15.0 Å². The zero-order chi connectivity index (χ0) is 31.9. The summed E-state index contributed by atoms with van der Waals surface area (Å²) in [6.07, 6.45) is 3.20. The Labute approximate surface area is 253 Å². The third-order valence-electron chi connectivity index (χ3n) is 8.33. The summed E-state index contributed by atoms with van der Waals surface area (Å²) in [5.74, 6) is 1.57. The molecule has 43 heavy (non-hydrogen) atoms. The number of hydrogen-bond acceptors (Lipinski definition) is 6. The van der Waals surface area contributed by atoms with E-state index in [1.54, 1.807) is 48.0 Å². The smallest absolute Gasteiger partial charge is 0.407 e. The molecule has 3 aromatic rings. The molecule has 2 aromatic carbocycles. The van der Waals surface area contributed by atoms with Crippen LogP contribution in [0.3, 0.4) is 0 Å². The van der Waals surface area contributed by atoms with Gasteiger partial charge in [0.25, 0.3) is 5.56 Å². The molecule has 1 aromatic heterocycles. The van der Waals surface area contributed by atoms with Crippen molar-refractivity contribution in [2.45, 2.75) is 90.6 Å². The summed E-state index contributed by atoms with van der Waals surface area (Å²) >= 11 is 0. The number of carboxylic acid groups (broad SMARTS) is 1.